The summed E-state index contributed by atoms with van der Waals surface area (Å²) in [5, 5.41) is 9.47. The Morgan fingerprint density at radius 2 is 2.35 bits per heavy atom. The highest BCUT2D eigenvalue weighted by atomic mass is 35.5. The SMILES string of the molecule is CSc1ccc(Cl)c(C(=O)N2CCCC2CCCO)c1. The minimum Gasteiger partial charge on any atom is -0.396 e. The molecule has 1 atom stereocenters. The van der Waals surface area contributed by atoms with Gasteiger partial charge in [0.2, 0.25) is 0 Å². The molecule has 1 aromatic carbocycles. The number of thioether (sulfide) groups is 1. The lowest BCUT2D eigenvalue weighted by Gasteiger charge is -2.25. The van der Waals surface area contributed by atoms with Gasteiger partial charge in [-0.05, 0) is 50.1 Å². The van der Waals surface area contributed by atoms with E-state index >= 15 is 0 Å². The minimum absolute atomic E-state index is 0.0198. The Morgan fingerprint density at radius 3 is 3.05 bits per heavy atom. The summed E-state index contributed by atoms with van der Waals surface area (Å²) in [6.45, 7) is 0.968. The number of benzene rings is 1. The Bertz CT molecular complexity index is 481. The Labute approximate surface area is 129 Å². The first-order valence-corrected chi connectivity index (χ1v) is 8.53. The molecule has 0 saturated carbocycles. The summed E-state index contributed by atoms with van der Waals surface area (Å²) < 4.78 is 0. The van der Waals surface area contributed by atoms with Gasteiger partial charge in [-0.2, -0.15) is 0 Å². The number of rotatable bonds is 5. The van der Waals surface area contributed by atoms with Crippen molar-refractivity contribution in [3.8, 4) is 0 Å². The highest BCUT2D eigenvalue weighted by Gasteiger charge is 2.29. The van der Waals surface area contributed by atoms with Crippen molar-refractivity contribution < 1.29 is 9.90 Å². The van der Waals surface area contributed by atoms with E-state index in [2.05, 4.69) is 0 Å². The van der Waals surface area contributed by atoms with Crippen LogP contribution >= 0.6 is 23.4 Å². The van der Waals surface area contributed by atoms with Crippen LogP contribution in [0.4, 0.5) is 0 Å². The van der Waals surface area contributed by atoms with Crippen molar-refractivity contribution in [1.82, 2.24) is 4.90 Å². The van der Waals surface area contributed by atoms with Gasteiger partial charge >= 0.3 is 0 Å². The molecule has 2 rings (SSSR count). The standard InChI is InChI=1S/C15H20ClNO2S/c1-20-12-6-7-14(16)13(10-12)15(19)17-8-2-4-11(17)5-3-9-18/h6-7,10-11,18H,2-5,8-9H2,1H3. The molecule has 0 spiro atoms. The van der Waals surface area contributed by atoms with Crippen LogP contribution < -0.4 is 0 Å². The fraction of sp³-hybridized carbons (Fsp3) is 0.533. The lowest BCUT2D eigenvalue weighted by molar-refractivity contribution is 0.0724. The van der Waals surface area contributed by atoms with Crippen LogP contribution in [-0.4, -0.2) is 41.4 Å². The van der Waals surface area contributed by atoms with Gasteiger partial charge in [0.15, 0.2) is 0 Å². The number of nitrogens with zero attached hydrogens (tertiary/aromatic N) is 1. The Hall–Kier alpha value is -0.710. The van der Waals surface area contributed by atoms with Crippen LogP contribution in [0.15, 0.2) is 23.1 Å². The van der Waals surface area contributed by atoms with Gasteiger partial charge in [0, 0.05) is 24.1 Å². The van der Waals surface area contributed by atoms with E-state index < -0.39 is 0 Å². The molecule has 1 aromatic rings. The molecule has 1 heterocycles. The summed E-state index contributed by atoms with van der Waals surface area (Å²) >= 11 is 7.79. The summed E-state index contributed by atoms with van der Waals surface area (Å²) in [6.07, 6.45) is 5.64. The highest BCUT2D eigenvalue weighted by Crippen LogP contribution is 2.28. The van der Waals surface area contributed by atoms with E-state index in [9.17, 15) is 4.79 Å². The van der Waals surface area contributed by atoms with Gasteiger partial charge < -0.3 is 10.0 Å². The number of aliphatic hydroxyl groups excluding tert-OH is 1. The van der Waals surface area contributed by atoms with Crippen LogP contribution in [0.5, 0.6) is 0 Å². The fourth-order valence-electron chi connectivity index (χ4n) is 2.68. The van der Waals surface area contributed by atoms with Gasteiger partial charge in [-0.1, -0.05) is 11.6 Å². The molecule has 20 heavy (non-hydrogen) atoms. The molecule has 0 aromatic heterocycles. The molecule has 5 heteroatoms. The molecule has 1 fully saturated rings. The van der Waals surface area contributed by atoms with Crippen molar-refractivity contribution in [2.24, 2.45) is 0 Å². The van der Waals surface area contributed by atoms with E-state index in [0.29, 0.717) is 10.6 Å². The molecule has 1 saturated heterocycles. The maximum Gasteiger partial charge on any atom is 0.255 e. The van der Waals surface area contributed by atoms with Crippen molar-refractivity contribution in [1.29, 1.82) is 0 Å². The van der Waals surface area contributed by atoms with Gasteiger partial charge in [-0.15, -0.1) is 11.8 Å². The van der Waals surface area contributed by atoms with E-state index in [1.54, 1.807) is 17.8 Å². The lowest BCUT2D eigenvalue weighted by Crippen LogP contribution is -2.35. The van der Waals surface area contributed by atoms with E-state index in [0.717, 1.165) is 37.1 Å². The molecular formula is C15H20ClNO2S. The van der Waals surface area contributed by atoms with Crippen molar-refractivity contribution in [3.05, 3.63) is 28.8 Å². The molecule has 1 N–H and O–H groups in total. The highest BCUT2D eigenvalue weighted by molar-refractivity contribution is 7.98. The maximum absolute atomic E-state index is 12.7. The quantitative estimate of drug-likeness (QED) is 0.847. The first kappa shape index (κ1) is 15.7. The monoisotopic (exact) mass is 313 g/mol. The van der Waals surface area contributed by atoms with Crippen LogP contribution in [0.2, 0.25) is 5.02 Å². The summed E-state index contributed by atoms with van der Waals surface area (Å²) in [5.41, 5.74) is 0.592. The number of hydrogen-bond acceptors (Lipinski definition) is 3. The molecule has 1 amide bonds. The average Bonchev–Trinajstić information content (AvgIpc) is 2.93. The number of hydrogen-bond donors (Lipinski definition) is 1. The number of carbonyl (C=O) groups excluding carboxylic acids is 1. The summed E-state index contributed by atoms with van der Waals surface area (Å²) in [4.78, 5) is 15.6. The van der Waals surface area contributed by atoms with Gasteiger partial charge in [0.1, 0.15) is 0 Å². The van der Waals surface area contributed by atoms with Crippen molar-refractivity contribution in [2.45, 2.75) is 36.6 Å². The van der Waals surface area contributed by atoms with Crippen molar-refractivity contribution in [2.75, 3.05) is 19.4 Å². The smallest absolute Gasteiger partial charge is 0.255 e. The predicted molar refractivity (Wildman–Crippen MR) is 83.6 cm³/mol. The third kappa shape index (κ3) is 3.48. The first-order valence-electron chi connectivity index (χ1n) is 6.92. The third-order valence-electron chi connectivity index (χ3n) is 3.74. The van der Waals surface area contributed by atoms with E-state index in [-0.39, 0.29) is 18.6 Å². The summed E-state index contributed by atoms with van der Waals surface area (Å²) in [5.74, 6) is 0.0198. The van der Waals surface area contributed by atoms with Crippen LogP contribution in [0, 0.1) is 0 Å². The number of aliphatic hydroxyl groups is 1. The first-order chi connectivity index (χ1) is 9.67. The van der Waals surface area contributed by atoms with E-state index in [4.69, 9.17) is 16.7 Å². The number of carbonyl (C=O) groups is 1. The van der Waals surface area contributed by atoms with Crippen molar-refractivity contribution >= 4 is 29.3 Å². The zero-order valence-corrected chi connectivity index (χ0v) is 13.2. The summed E-state index contributed by atoms with van der Waals surface area (Å²) in [7, 11) is 0. The molecular weight excluding hydrogens is 294 g/mol. The molecule has 1 unspecified atom stereocenters. The van der Waals surface area contributed by atoms with E-state index in [1.807, 2.05) is 23.3 Å². The molecule has 1 aliphatic heterocycles. The zero-order valence-electron chi connectivity index (χ0n) is 11.6. The van der Waals surface area contributed by atoms with Gasteiger partial charge in [-0.3, -0.25) is 4.79 Å². The average molecular weight is 314 g/mol. The second kappa shape index (κ2) is 7.34. The molecule has 3 nitrogen and oxygen atoms in total. The molecule has 0 aliphatic carbocycles. The van der Waals surface area contributed by atoms with Gasteiger partial charge in [0.25, 0.3) is 5.91 Å². The van der Waals surface area contributed by atoms with Gasteiger partial charge in [-0.25, -0.2) is 0 Å². The number of amides is 1. The maximum atomic E-state index is 12.7. The molecule has 0 bridgehead atoms. The largest absolute Gasteiger partial charge is 0.396 e. The van der Waals surface area contributed by atoms with Gasteiger partial charge in [0.05, 0.1) is 10.6 Å². The number of halogens is 1. The molecule has 110 valence electrons. The predicted octanol–water partition coefficient (Wildman–Crippen LogP) is 3.44. The van der Waals surface area contributed by atoms with Crippen LogP contribution in [0.1, 0.15) is 36.0 Å². The second-order valence-electron chi connectivity index (χ2n) is 5.01. The van der Waals surface area contributed by atoms with Crippen LogP contribution in [-0.2, 0) is 0 Å². The normalized spacial score (nSPS) is 18.6. The third-order valence-corrected chi connectivity index (χ3v) is 4.79. The lowest BCUT2D eigenvalue weighted by atomic mass is 10.1. The Kier molecular flexibility index (Phi) is 5.75. The summed E-state index contributed by atoms with van der Waals surface area (Å²) in [6, 6.07) is 5.83. The van der Waals surface area contributed by atoms with Crippen LogP contribution in [0.3, 0.4) is 0 Å². The van der Waals surface area contributed by atoms with E-state index in [1.165, 1.54) is 0 Å². The van der Waals surface area contributed by atoms with Crippen LogP contribution in [0.25, 0.3) is 0 Å². The zero-order chi connectivity index (χ0) is 14.5. The molecule has 1 aliphatic rings. The Balaban J connectivity index is 2.17. The molecule has 0 radical (unpaired) electrons. The Morgan fingerprint density at radius 1 is 1.55 bits per heavy atom. The second-order valence-corrected chi connectivity index (χ2v) is 6.29. The topological polar surface area (TPSA) is 40.5 Å². The fourth-order valence-corrected chi connectivity index (χ4v) is 3.32. The number of likely N-dealkylation sites (tertiary alicyclic amines) is 1. The minimum atomic E-state index is 0.0198. The van der Waals surface area contributed by atoms with Crippen molar-refractivity contribution in [3.63, 3.8) is 0 Å².